The van der Waals surface area contributed by atoms with Crippen molar-refractivity contribution < 1.29 is 19.8 Å². The van der Waals surface area contributed by atoms with Crippen LogP contribution >= 0.6 is 15.9 Å². The van der Waals surface area contributed by atoms with E-state index >= 15 is 0 Å². The number of halogens is 1. The van der Waals surface area contributed by atoms with E-state index in [4.69, 9.17) is 5.11 Å². The van der Waals surface area contributed by atoms with E-state index < -0.39 is 17.4 Å². The summed E-state index contributed by atoms with van der Waals surface area (Å²) in [6.45, 7) is 2.71. The number of carbonyl (C=O) groups excluding carboxylic acids is 2. The summed E-state index contributed by atoms with van der Waals surface area (Å²) in [5.74, 6) is -1.01. The van der Waals surface area contributed by atoms with Crippen LogP contribution in [0, 0.1) is 5.92 Å². The van der Waals surface area contributed by atoms with Gasteiger partial charge in [-0.2, -0.15) is 0 Å². The van der Waals surface area contributed by atoms with Crippen LogP contribution in [0.4, 0.5) is 11.4 Å². The van der Waals surface area contributed by atoms with Crippen LogP contribution in [0.25, 0.3) is 10.9 Å². The number of hydrogen-bond acceptors (Lipinski definition) is 6. The highest BCUT2D eigenvalue weighted by atomic mass is 79.9. The number of benzene rings is 3. The zero-order chi connectivity index (χ0) is 32.3. The fourth-order valence-corrected chi connectivity index (χ4v) is 6.29. The molecule has 10 nitrogen and oxygen atoms in total. The molecule has 0 fully saturated rings. The predicted octanol–water partition coefficient (Wildman–Crippen LogP) is 5.25. The number of anilines is 2. The van der Waals surface area contributed by atoms with Crippen LogP contribution < -0.4 is 10.2 Å². The molecule has 11 heteroatoms. The molecule has 3 aromatic carbocycles. The van der Waals surface area contributed by atoms with Crippen molar-refractivity contribution in [3.63, 3.8) is 0 Å². The molecule has 0 spiro atoms. The van der Waals surface area contributed by atoms with Gasteiger partial charge in [-0.3, -0.25) is 14.3 Å². The summed E-state index contributed by atoms with van der Waals surface area (Å²) >= 11 is 3.51. The summed E-state index contributed by atoms with van der Waals surface area (Å²) in [7, 11) is 0. The molecule has 6 rings (SSSR count). The number of H-pyrrole nitrogens is 1. The number of nitrogens with zero attached hydrogens (tertiary/aromatic N) is 4. The standard InChI is InChI=1S/C35H35BrN6O4/c1-23(6-4-5-16-41-22-28(15-17-43)39-40-41)35(46)30-19-26(36)11-14-32(30)42(34(35)45)21-24-9-12-27(13-10-24)38-33(44)18-25-20-37-31-8-3-2-7-29(25)31/h2-4,6-14,19-20,22-23,37,43,46H,5,15-18,21H2,1H3,(H,38,44)/b6-4+/t23-,35+/m1/s1. The number of nitrogens with one attached hydrogen (secondary N) is 2. The average molecular weight is 684 g/mol. The second-order valence-electron chi connectivity index (χ2n) is 11.6. The normalized spacial score (nSPS) is 16.8. The molecule has 0 unspecified atom stereocenters. The molecule has 2 atom stereocenters. The Labute approximate surface area is 274 Å². The van der Waals surface area contributed by atoms with Crippen molar-refractivity contribution >= 4 is 50.0 Å². The zero-order valence-electron chi connectivity index (χ0n) is 25.4. The van der Waals surface area contributed by atoms with Gasteiger partial charge in [-0.1, -0.05) is 70.6 Å². The van der Waals surface area contributed by atoms with Gasteiger partial charge >= 0.3 is 0 Å². The van der Waals surface area contributed by atoms with E-state index in [0.29, 0.717) is 36.3 Å². The molecule has 236 valence electrons. The minimum atomic E-state index is -1.74. The molecule has 1 aliphatic rings. The van der Waals surface area contributed by atoms with Gasteiger partial charge in [0, 0.05) is 64.5 Å². The zero-order valence-corrected chi connectivity index (χ0v) is 26.9. The molecule has 5 aromatic rings. The van der Waals surface area contributed by atoms with Crippen molar-refractivity contribution in [2.45, 2.75) is 44.9 Å². The fourth-order valence-electron chi connectivity index (χ4n) is 5.93. The third-order valence-electron chi connectivity index (χ3n) is 8.40. The number of para-hydroxylation sites is 1. The van der Waals surface area contributed by atoms with Crippen LogP contribution in [0.2, 0.25) is 0 Å². The molecule has 3 heterocycles. The molecular formula is C35H35BrN6O4. The number of aliphatic hydroxyl groups excluding tert-OH is 1. The van der Waals surface area contributed by atoms with Crippen LogP contribution in [-0.4, -0.2) is 48.6 Å². The van der Waals surface area contributed by atoms with E-state index in [1.54, 1.807) is 15.8 Å². The molecule has 0 saturated carbocycles. The SMILES string of the molecule is C[C@H](/C=C/CCn1cc(CCO)nn1)[C@@]1(O)C(=O)N(Cc2ccc(NC(=O)Cc3c[nH]c4ccccc34)cc2)c2ccc(Br)cc21. The van der Waals surface area contributed by atoms with Gasteiger partial charge in [-0.25, -0.2) is 0 Å². The minimum Gasteiger partial charge on any atom is -0.396 e. The van der Waals surface area contributed by atoms with Crippen LogP contribution in [0.5, 0.6) is 0 Å². The Kier molecular flexibility index (Phi) is 9.16. The molecule has 0 radical (unpaired) electrons. The number of allylic oxidation sites excluding steroid dienone is 1. The molecule has 1 aliphatic heterocycles. The number of aryl methyl sites for hydroxylation is 1. The van der Waals surface area contributed by atoms with E-state index in [2.05, 4.69) is 36.5 Å². The topological polar surface area (TPSA) is 136 Å². The summed E-state index contributed by atoms with van der Waals surface area (Å²) < 4.78 is 2.48. The number of aromatic nitrogens is 4. The molecule has 46 heavy (non-hydrogen) atoms. The summed E-state index contributed by atoms with van der Waals surface area (Å²) in [5.41, 5.74) is 3.65. The van der Waals surface area contributed by atoms with Crippen molar-refractivity contribution in [2.24, 2.45) is 5.92 Å². The highest BCUT2D eigenvalue weighted by Gasteiger charge is 2.52. The van der Waals surface area contributed by atoms with Gasteiger partial charge in [0.2, 0.25) is 5.91 Å². The highest BCUT2D eigenvalue weighted by Crippen LogP contribution is 2.46. The Hall–Kier alpha value is -4.58. The smallest absolute Gasteiger partial charge is 0.264 e. The number of rotatable bonds is 12. The Bertz CT molecular complexity index is 1900. The lowest BCUT2D eigenvalue weighted by atomic mass is 9.83. The number of fused-ring (bicyclic) bond motifs is 2. The maximum absolute atomic E-state index is 13.9. The van der Waals surface area contributed by atoms with E-state index in [9.17, 15) is 14.7 Å². The molecule has 2 amide bonds. The van der Waals surface area contributed by atoms with Crippen molar-refractivity contribution in [3.05, 3.63) is 118 Å². The third-order valence-corrected chi connectivity index (χ3v) is 8.89. The first-order valence-electron chi connectivity index (χ1n) is 15.2. The van der Waals surface area contributed by atoms with Gasteiger partial charge < -0.3 is 25.4 Å². The van der Waals surface area contributed by atoms with Gasteiger partial charge in [0.15, 0.2) is 5.60 Å². The number of amides is 2. The van der Waals surface area contributed by atoms with Gasteiger partial charge in [0.1, 0.15) is 0 Å². The number of hydrogen-bond donors (Lipinski definition) is 4. The van der Waals surface area contributed by atoms with Gasteiger partial charge in [0.05, 0.1) is 24.3 Å². The lowest BCUT2D eigenvalue weighted by Crippen LogP contribution is -2.44. The Morgan fingerprint density at radius 2 is 1.96 bits per heavy atom. The summed E-state index contributed by atoms with van der Waals surface area (Å²) in [4.78, 5) is 31.6. The first kappa shape index (κ1) is 31.4. The molecule has 0 saturated heterocycles. The van der Waals surface area contributed by atoms with E-state index in [0.717, 1.165) is 32.2 Å². The maximum Gasteiger partial charge on any atom is 0.264 e. The molecule has 4 N–H and O–H groups in total. The lowest BCUT2D eigenvalue weighted by Gasteiger charge is -2.27. The van der Waals surface area contributed by atoms with Crippen molar-refractivity contribution in [1.29, 1.82) is 0 Å². The summed E-state index contributed by atoms with van der Waals surface area (Å²) in [6, 6.07) is 20.8. The van der Waals surface area contributed by atoms with Gasteiger partial charge in [-0.05, 0) is 53.9 Å². The predicted molar refractivity (Wildman–Crippen MR) is 180 cm³/mol. The van der Waals surface area contributed by atoms with Crippen molar-refractivity contribution in [3.8, 4) is 0 Å². The van der Waals surface area contributed by atoms with E-state index in [1.807, 2.05) is 92.0 Å². The summed E-state index contributed by atoms with van der Waals surface area (Å²) in [6.07, 6.45) is 8.82. The molecule has 0 aliphatic carbocycles. The maximum atomic E-state index is 13.9. The summed E-state index contributed by atoms with van der Waals surface area (Å²) in [5, 5.41) is 33.2. The molecule has 2 aromatic heterocycles. The van der Waals surface area contributed by atoms with Crippen LogP contribution in [0.3, 0.4) is 0 Å². The van der Waals surface area contributed by atoms with Crippen LogP contribution in [0.1, 0.15) is 35.7 Å². The van der Waals surface area contributed by atoms with Crippen molar-refractivity contribution in [2.75, 3.05) is 16.8 Å². The number of aromatic amines is 1. The Balaban J connectivity index is 1.12. The van der Waals surface area contributed by atoms with Gasteiger partial charge in [0.25, 0.3) is 5.91 Å². The van der Waals surface area contributed by atoms with Crippen molar-refractivity contribution in [1.82, 2.24) is 20.0 Å². The van der Waals surface area contributed by atoms with Crippen LogP contribution in [0.15, 0.2) is 95.7 Å². The largest absolute Gasteiger partial charge is 0.396 e. The lowest BCUT2D eigenvalue weighted by molar-refractivity contribution is -0.139. The van der Waals surface area contributed by atoms with E-state index in [1.165, 1.54) is 0 Å². The van der Waals surface area contributed by atoms with Crippen LogP contribution in [-0.2, 0) is 41.1 Å². The van der Waals surface area contributed by atoms with E-state index in [-0.39, 0.29) is 25.5 Å². The minimum absolute atomic E-state index is 0.0218. The Morgan fingerprint density at radius 3 is 2.76 bits per heavy atom. The number of aliphatic hydroxyl groups is 2. The third kappa shape index (κ3) is 6.39. The van der Waals surface area contributed by atoms with Gasteiger partial charge in [-0.15, -0.1) is 5.10 Å². The quantitative estimate of drug-likeness (QED) is 0.133. The molecular weight excluding hydrogens is 648 g/mol. The first-order valence-corrected chi connectivity index (χ1v) is 16.0. The Morgan fingerprint density at radius 1 is 1.15 bits per heavy atom. The first-order chi connectivity index (χ1) is 22.3. The second kappa shape index (κ2) is 13.4. The fraction of sp³-hybridized carbons (Fsp3) is 0.257. The average Bonchev–Trinajstić information content (AvgIpc) is 3.73. The second-order valence-corrected chi connectivity index (χ2v) is 12.5. The molecule has 0 bridgehead atoms. The monoisotopic (exact) mass is 682 g/mol. The highest BCUT2D eigenvalue weighted by molar-refractivity contribution is 9.10. The number of carbonyl (C=O) groups is 2.